The van der Waals surface area contributed by atoms with E-state index < -0.39 is 18.1 Å². The van der Waals surface area contributed by atoms with Gasteiger partial charge in [-0.05, 0) is 37.1 Å². The summed E-state index contributed by atoms with van der Waals surface area (Å²) in [6, 6.07) is 4.75. The highest BCUT2D eigenvalue weighted by molar-refractivity contribution is 6.31. The Morgan fingerprint density at radius 1 is 1.20 bits per heavy atom. The highest BCUT2D eigenvalue weighted by Gasteiger charge is 2.47. The van der Waals surface area contributed by atoms with Crippen molar-refractivity contribution < 1.29 is 22.8 Å². The fourth-order valence-electron chi connectivity index (χ4n) is 4.70. The van der Waals surface area contributed by atoms with E-state index in [4.69, 9.17) is 17.3 Å². The van der Waals surface area contributed by atoms with Gasteiger partial charge in [0.2, 0.25) is 11.9 Å². The minimum Gasteiger partial charge on any atom is -0.368 e. The lowest BCUT2D eigenvalue weighted by Crippen LogP contribution is -2.49. The van der Waals surface area contributed by atoms with E-state index in [9.17, 15) is 22.8 Å². The number of benzene rings is 1. The highest BCUT2D eigenvalue weighted by atomic mass is 35.5. The van der Waals surface area contributed by atoms with Crippen molar-refractivity contribution in [2.45, 2.75) is 37.5 Å². The number of likely N-dealkylation sites (tertiary alicyclic amines) is 2. The number of carbonyl (C=O) groups excluding carboxylic acids is 2. The molecule has 0 bridgehead atoms. The van der Waals surface area contributed by atoms with Crippen molar-refractivity contribution in [3.8, 4) is 0 Å². The number of alkyl halides is 3. The first-order valence-electron chi connectivity index (χ1n) is 11.0. The summed E-state index contributed by atoms with van der Waals surface area (Å²) in [6.07, 6.45) is -2.85. The van der Waals surface area contributed by atoms with Gasteiger partial charge in [-0.25, -0.2) is 9.97 Å². The number of anilines is 1. The van der Waals surface area contributed by atoms with Crippen molar-refractivity contribution in [1.82, 2.24) is 29.5 Å². The number of halogens is 4. The third-order valence-corrected chi connectivity index (χ3v) is 6.66. The predicted octanol–water partition coefficient (Wildman–Crippen LogP) is 2.85. The summed E-state index contributed by atoms with van der Waals surface area (Å²) in [7, 11) is 0. The largest absolute Gasteiger partial charge is 0.408 e. The second-order valence-corrected chi connectivity index (χ2v) is 9.13. The van der Waals surface area contributed by atoms with Crippen molar-refractivity contribution >= 4 is 40.3 Å². The molecule has 2 amide bonds. The third-order valence-electron chi connectivity index (χ3n) is 6.43. The van der Waals surface area contributed by atoms with Crippen LogP contribution in [0.5, 0.6) is 0 Å². The van der Waals surface area contributed by atoms with Gasteiger partial charge in [0.25, 0.3) is 5.91 Å². The fraction of sp³-hybridized carbons (Fsp3) is 0.409. The Morgan fingerprint density at radius 2 is 1.97 bits per heavy atom. The molecule has 35 heavy (non-hydrogen) atoms. The van der Waals surface area contributed by atoms with Crippen LogP contribution in [0.4, 0.5) is 19.1 Å². The summed E-state index contributed by atoms with van der Waals surface area (Å²) >= 11 is 6.19. The van der Waals surface area contributed by atoms with Crippen LogP contribution in [0.2, 0.25) is 5.02 Å². The highest BCUT2D eigenvalue weighted by Crippen LogP contribution is 2.35. The molecule has 0 radical (unpaired) electrons. The van der Waals surface area contributed by atoms with Crippen LogP contribution in [-0.4, -0.2) is 73.2 Å². The van der Waals surface area contributed by atoms with Crippen molar-refractivity contribution in [3.05, 3.63) is 46.9 Å². The third kappa shape index (κ3) is 4.38. The Bertz CT molecular complexity index is 1310. The quantitative estimate of drug-likeness (QED) is 0.581. The second-order valence-electron chi connectivity index (χ2n) is 8.70. The van der Waals surface area contributed by atoms with E-state index in [2.05, 4.69) is 15.1 Å². The number of aromatic nitrogens is 4. The molecular weight excluding hydrogens is 487 g/mol. The van der Waals surface area contributed by atoms with Gasteiger partial charge in [-0.3, -0.25) is 14.3 Å². The average molecular weight is 508 g/mol. The molecule has 4 heterocycles. The molecule has 3 aromatic rings. The molecule has 2 aromatic heterocycles. The molecule has 9 nitrogen and oxygen atoms in total. The Balaban J connectivity index is 1.37. The zero-order valence-corrected chi connectivity index (χ0v) is 19.1. The van der Waals surface area contributed by atoms with Gasteiger partial charge < -0.3 is 15.5 Å². The smallest absolute Gasteiger partial charge is 0.368 e. The molecule has 2 N–H and O–H groups in total. The Labute approximate surface area is 202 Å². The first-order chi connectivity index (χ1) is 16.6. The number of hydrogen-bond donors (Lipinski definition) is 1. The van der Waals surface area contributed by atoms with Gasteiger partial charge in [-0.2, -0.15) is 18.3 Å². The Hall–Kier alpha value is -3.41. The number of nitrogen functional groups attached to an aromatic ring is 1. The van der Waals surface area contributed by atoms with Gasteiger partial charge >= 0.3 is 6.18 Å². The maximum Gasteiger partial charge on any atom is 0.408 e. The number of nitrogens with two attached hydrogens (primary N) is 1. The monoisotopic (exact) mass is 507 g/mol. The number of rotatable bonds is 4. The van der Waals surface area contributed by atoms with Crippen LogP contribution in [0.15, 0.2) is 30.5 Å². The van der Waals surface area contributed by atoms with Gasteiger partial charge in [0, 0.05) is 42.2 Å². The van der Waals surface area contributed by atoms with Gasteiger partial charge in [0.15, 0.2) is 0 Å². The molecule has 2 aliphatic heterocycles. The zero-order valence-electron chi connectivity index (χ0n) is 18.4. The summed E-state index contributed by atoms with van der Waals surface area (Å²) in [5.41, 5.74) is 6.97. The summed E-state index contributed by atoms with van der Waals surface area (Å²) in [4.78, 5) is 35.7. The molecule has 0 aliphatic carbocycles. The minimum absolute atomic E-state index is 0.00253. The van der Waals surface area contributed by atoms with Crippen molar-refractivity contribution in [2.24, 2.45) is 0 Å². The molecule has 2 fully saturated rings. The summed E-state index contributed by atoms with van der Waals surface area (Å²) in [6.45, 7) is 0.462. The molecular formula is C22H21ClF3N7O2. The molecule has 0 unspecified atom stereocenters. The van der Waals surface area contributed by atoms with Crippen LogP contribution in [0.1, 0.15) is 34.9 Å². The lowest BCUT2D eigenvalue weighted by Gasteiger charge is -2.38. The summed E-state index contributed by atoms with van der Waals surface area (Å²) in [5.74, 6) is -1.06. The van der Waals surface area contributed by atoms with E-state index in [1.807, 2.05) is 0 Å². The predicted molar refractivity (Wildman–Crippen MR) is 121 cm³/mol. The summed E-state index contributed by atoms with van der Waals surface area (Å²) < 4.78 is 41.4. The molecule has 2 aliphatic rings. The molecule has 1 atom stereocenters. The maximum absolute atomic E-state index is 13.3. The van der Waals surface area contributed by atoms with Gasteiger partial charge in [-0.1, -0.05) is 11.6 Å². The van der Waals surface area contributed by atoms with Gasteiger partial charge in [0.05, 0.1) is 11.2 Å². The van der Waals surface area contributed by atoms with Crippen molar-refractivity contribution in [2.75, 3.05) is 25.4 Å². The Morgan fingerprint density at radius 3 is 2.69 bits per heavy atom. The number of nitrogens with zero attached hydrogens (tertiary/aromatic N) is 6. The zero-order chi connectivity index (χ0) is 24.9. The van der Waals surface area contributed by atoms with Crippen LogP contribution in [0.25, 0.3) is 10.9 Å². The van der Waals surface area contributed by atoms with Crippen LogP contribution >= 0.6 is 11.6 Å². The normalized spacial score (nSPS) is 18.8. The van der Waals surface area contributed by atoms with Crippen LogP contribution in [0.3, 0.4) is 0 Å². The number of carbonyl (C=O) groups is 2. The molecule has 13 heteroatoms. The van der Waals surface area contributed by atoms with E-state index in [0.717, 1.165) is 4.90 Å². The second kappa shape index (κ2) is 8.67. The molecule has 2 saturated heterocycles. The molecule has 1 aromatic carbocycles. The van der Waals surface area contributed by atoms with E-state index >= 15 is 0 Å². The summed E-state index contributed by atoms with van der Waals surface area (Å²) in [5, 5.41) is 5.74. The van der Waals surface area contributed by atoms with Gasteiger partial charge in [0.1, 0.15) is 18.3 Å². The standard InChI is InChI=1S/C22H21ClF3N7O2/c23-13-3-4-16-14(8-13)19(12-9-31(10-12)20(35)15-5-6-28-21(27)29-15)30-33(16)11-18(34)32-7-1-2-17(32)22(24,25)26/h3-6,8,12,17H,1-2,7,9-11H2,(H2,27,28,29)/t17-/m0/s1. The first kappa shape index (κ1) is 23.3. The van der Waals surface area contributed by atoms with E-state index in [1.165, 1.54) is 16.9 Å². The van der Waals surface area contributed by atoms with E-state index in [0.29, 0.717) is 41.1 Å². The van der Waals surface area contributed by atoms with Crippen LogP contribution in [-0.2, 0) is 11.3 Å². The molecule has 5 rings (SSSR count). The van der Waals surface area contributed by atoms with E-state index in [1.54, 1.807) is 23.1 Å². The van der Waals surface area contributed by atoms with Gasteiger partial charge in [-0.15, -0.1) is 0 Å². The topological polar surface area (TPSA) is 110 Å². The lowest BCUT2D eigenvalue weighted by molar-refractivity contribution is -0.183. The van der Waals surface area contributed by atoms with Crippen LogP contribution < -0.4 is 5.73 Å². The number of amides is 2. The Kier molecular flexibility index (Phi) is 5.78. The SMILES string of the molecule is Nc1nccc(C(=O)N2CC(c3nn(CC(=O)N4CCC[C@H]4C(F)(F)F)c4ccc(Cl)cc34)C2)n1. The number of fused-ring (bicyclic) bond motifs is 1. The van der Waals surface area contributed by atoms with Crippen LogP contribution in [0, 0.1) is 0 Å². The maximum atomic E-state index is 13.3. The molecule has 184 valence electrons. The van der Waals surface area contributed by atoms with E-state index in [-0.39, 0.29) is 43.0 Å². The molecule has 0 spiro atoms. The average Bonchev–Trinajstić information content (AvgIpc) is 3.38. The number of hydrogen-bond acceptors (Lipinski definition) is 6. The lowest BCUT2D eigenvalue weighted by atomic mass is 9.93. The first-order valence-corrected chi connectivity index (χ1v) is 11.4. The fourth-order valence-corrected chi connectivity index (χ4v) is 4.87. The van der Waals surface area contributed by atoms with Crippen molar-refractivity contribution in [1.29, 1.82) is 0 Å². The minimum atomic E-state index is -4.46. The van der Waals surface area contributed by atoms with Crippen molar-refractivity contribution in [3.63, 3.8) is 0 Å². The molecule has 0 saturated carbocycles.